The predicted molar refractivity (Wildman–Crippen MR) is 93.9 cm³/mol. The van der Waals surface area contributed by atoms with Crippen molar-refractivity contribution in [2.75, 3.05) is 0 Å². The first-order chi connectivity index (χ1) is 10.1. The molecule has 0 aromatic heterocycles. The van der Waals surface area contributed by atoms with Crippen LogP contribution in [0.4, 0.5) is 0 Å². The number of carbonyl (C=O) groups excluding carboxylic acids is 1. The molecule has 0 spiro atoms. The monoisotopic (exact) mass is 284 g/mol. The highest BCUT2D eigenvalue weighted by Crippen LogP contribution is 2.20. The standard InChI is InChI=1S/C15H14O.C3H8.C2H6/c1-11-4-3-5-15(10-11)14-8-6-13(7-9-14)12(2)16;1-3-2;1-2/h3-10H,1-2H3;3H2,1-2H3;1-2H3. The number of Topliss-reactive ketones (excluding diaryl/α,β-unsaturated/α-hetero) is 1. The highest BCUT2D eigenvalue weighted by molar-refractivity contribution is 5.94. The molecule has 21 heavy (non-hydrogen) atoms. The molecule has 0 aliphatic carbocycles. The third kappa shape index (κ3) is 6.89. The van der Waals surface area contributed by atoms with Gasteiger partial charge < -0.3 is 0 Å². The second kappa shape index (κ2) is 10.8. The third-order valence-corrected chi connectivity index (χ3v) is 2.64. The number of carbonyl (C=O) groups is 1. The Morgan fingerprint density at radius 3 is 1.86 bits per heavy atom. The van der Waals surface area contributed by atoms with E-state index in [0.717, 1.165) is 11.1 Å². The van der Waals surface area contributed by atoms with Crippen molar-refractivity contribution in [1.29, 1.82) is 0 Å². The highest BCUT2D eigenvalue weighted by atomic mass is 16.1. The molecule has 1 nitrogen and oxygen atoms in total. The maximum absolute atomic E-state index is 11.1. The van der Waals surface area contributed by atoms with Crippen molar-refractivity contribution in [2.24, 2.45) is 0 Å². The third-order valence-electron chi connectivity index (χ3n) is 2.64. The van der Waals surface area contributed by atoms with Crippen LogP contribution in [0.2, 0.25) is 0 Å². The van der Waals surface area contributed by atoms with Crippen LogP contribution in [0.15, 0.2) is 48.5 Å². The van der Waals surface area contributed by atoms with Crippen LogP contribution < -0.4 is 0 Å². The van der Waals surface area contributed by atoms with E-state index in [2.05, 4.69) is 39.0 Å². The first-order valence-electron chi connectivity index (χ1n) is 7.76. The first kappa shape index (κ1) is 19.1. The quantitative estimate of drug-likeness (QED) is 0.591. The topological polar surface area (TPSA) is 17.1 Å². The second-order valence-electron chi connectivity index (χ2n) is 4.71. The lowest BCUT2D eigenvalue weighted by Crippen LogP contribution is -1.90. The molecule has 0 fully saturated rings. The van der Waals surface area contributed by atoms with E-state index in [9.17, 15) is 4.79 Å². The molecule has 0 saturated heterocycles. The van der Waals surface area contributed by atoms with Gasteiger partial charge >= 0.3 is 0 Å². The Balaban J connectivity index is 0.000000713. The lowest BCUT2D eigenvalue weighted by molar-refractivity contribution is 0.101. The molecule has 1 heteroatoms. The Morgan fingerprint density at radius 1 is 0.905 bits per heavy atom. The summed E-state index contributed by atoms with van der Waals surface area (Å²) >= 11 is 0. The molecule has 0 atom stereocenters. The largest absolute Gasteiger partial charge is 0.295 e. The summed E-state index contributed by atoms with van der Waals surface area (Å²) in [7, 11) is 0. The van der Waals surface area contributed by atoms with Gasteiger partial charge in [0.2, 0.25) is 0 Å². The van der Waals surface area contributed by atoms with Gasteiger partial charge in [-0.25, -0.2) is 0 Å². The van der Waals surface area contributed by atoms with Gasteiger partial charge in [-0.1, -0.05) is 88.2 Å². The molecule has 0 saturated carbocycles. The van der Waals surface area contributed by atoms with Crippen LogP contribution in [-0.4, -0.2) is 5.78 Å². The number of rotatable bonds is 2. The molecule has 2 aromatic carbocycles. The van der Waals surface area contributed by atoms with Crippen molar-refractivity contribution in [2.45, 2.75) is 48.0 Å². The normalized spacial score (nSPS) is 8.86. The van der Waals surface area contributed by atoms with Crippen molar-refractivity contribution in [3.05, 3.63) is 59.7 Å². The Hall–Kier alpha value is -1.89. The van der Waals surface area contributed by atoms with Crippen LogP contribution in [0.1, 0.15) is 57.0 Å². The van der Waals surface area contributed by atoms with E-state index < -0.39 is 0 Å². The molecule has 0 heterocycles. The second-order valence-corrected chi connectivity index (χ2v) is 4.71. The molecule has 0 radical (unpaired) electrons. The summed E-state index contributed by atoms with van der Waals surface area (Å²) in [6.07, 6.45) is 1.25. The minimum Gasteiger partial charge on any atom is -0.295 e. The molecule has 0 bridgehead atoms. The van der Waals surface area contributed by atoms with Crippen molar-refractivity contribution in [3.63, 3.8) is 0 Å². The van der Waals surface area contributed by atoms with Crippen molar-refractivity contribution < 1.29 is 4.79 Å². The summed E-state index contributed by atoms with van der Waals surface area (Å²) in [4.78, 5) is 11.1. The maximum atomic E-state index is 11.1. The molecule has 2 aromatic rings. The zero-order valence-electron chi connectivity index (χ0n) is 14.2. The molecule has 0 aliphatic rings. The van der Waals surface area contributed by atoms with Crippen molar-refractivity contribution in [3.8, 4) is 11.1 Å². The summed E-state index contributed by atoms with van der Waals surface area (Å²) in [5, 5.41) is 0. The van der Waals surface area contributed by atoms with Gasteiger partial charge in [0.1, 0.15) is 0 Å². The summed E-state index contributed by atoms with van der Waals surface area (Å²) in [5.41, 5.74) is 4.34. The Labute approximate surface area is 130 Å². The van der Waals surface area contributed by atoms with Gasteiger partial charge in [0.25, 0.3) is 0 Å². The van der Waals surface area contributed by atoms with Crippen molar-refractivity contribution >= 4 is 5.78 Å². The van der Waals surface area contributed by atoms with Crippen molar-refractivity contribution in [1.82, 2.24) is 0 Å². The maximum Gasteiger partial charge on any atom is 0.159 e. The number of aryl methyl sites for hydroxylation is 1. The van der Waals surface area contributed by atoms with E-state index in [-0.39, 0.29) is 5.78 Å². The predicted octanol–water partition coefficient (Wildman–Crippen LogP) is 6.31. The Kier molecular flexibility index (Phi) is 9.87. The smallest absolute Gasteiger partial charge is 0.159 e. The number of benzene rings is 2. The zero-order chi connectivity index (χ0) is 16.3. The molecule has 0 unspecified atom stereocenters. The minimum absolute atomic E-state index is 0.107. The average molecular weight is 284 g/mol. The SMILES string of the molecule is CC.CC(=O)c1ccc(-c2cccc(C)c2)cc1.CCC. The summed E-state index contributed by atoms with van der Waals surface area (Å²) in [5.74, 6) is 0.107. The van der Waals surface area contributed by atoms with E-state index in [0.29, 0.717) is 0 Å². The van der Waals surface area contributed by atoms with Crippen LogP contribution >= 0.6 is 0 Å². The number of ketones is 1. The van der Waals surface area contributed by atoms with E-state index in [1.807, 2.05) is 44.2 Å². The number of hydrogen-bond donors (Lipinski definition) is 0. The molecule has 0 aliphatic heterocycles. The Bertz CT molecular complexity index is 524. The van der Waals surface area contributed by atoms with Crippen LogP contribution in [-0.2, 0) is 0 Å². The highest BCUT2D eigenvalue weighted by Gasteiger charge is 2.00. The van der Waals surface area contributed by atoms with Crippen LogP contribution in [0.25, 0.3) is 11.1 Å². The van der Waals surface area contributed by atoms with Gasteiger partial charge in [-0.05, 0) is 25.0 Å². The molecular weight excluding hydrogens is 256 g/mol. The van der Waals surface area contributed by atoms with Gasteiger partial charge in [-0.2, -0.15) is 0 Å². The first-order valence-corrected chi connectivity index (χ1v) is 7.76. The van der Waals surface area contributed by atoms with Gasteiger partial charge in [0, 0.05) is 5.56 Å². The van der Waals surface area contributed by atoms with Gasteiger partial charge in [0.05, 0.1) is 0 Å². The van der Waals surface area contributed by atoms with E-state index in [4.69, 9.17) is 0 Å². The van der Waals surface area contributed by atoms with Crippen LogP contribution in [0, 0.1) is 6.92 Å². The van der Waals surface area contributed by atoms with Gasteiger partial charge in [-0.15, -0.1) is 0 Å². The molecule has 0 amide bonds. The van der Waals surface area contributed by atoms with Crippen LogP contribution in [0.3, 0.4) is 0 Å². The van der Waals surface area contributed by atoms with Gasteiger partial charge in [-0.3, -0.25) is 4.79 Å². The van der Waals surface area contributed by atoms with E-state index in [1.165, 1.54) is 17.5 Å². The molecule has 0 N–H and O–H groups in total. The van der Waals surface area contributed by atoms with Gasteiger partial charge in [0.15, 0.2) is 5.78 Å². The minimum atomic E-state index is 0.107. The fraction of sp³-hybridized carbons (Fsp3) is 0.350. The summed E-state index contributed by atoms with van der Waals surface area (Å²) in [6, 6.07) is 16.1. The van der Waals surface area contributed by atoms with Crippen LogP contribution in [0.5, 0.6) is 0 Å². The average Bonchev–Trinajstić information content (AvgIpc) is 2.50. The fourth-order valence-electron chi connectivity index (χ4n) is 1.72. The molecular formula is C20H28O. The lowest BCUT2D eigenvalue weighted by atomic mass is 10.0. The zero-order valence-corrected chi connectivity index (χ0v) is 14.2. The lowest BCUT2D eigenvalue weighted by Gasteiger charge is -2.03. The molecule has 114 valence electrons. The summed E-state index contributed by atoms with van der Waals surface area (Å²) < 4.78 is 0. The summed E-state index contributed by atoms with van der Waals surface area (Å²) in [6.45, 7) is 11.9. The fourth-order valence-corrected chi connectivity index (χ4v) is 1.72. The molecule has 2 rings (SSSR count). The van der Waals surface area contributed by atoms with E-state index in [1.54, 1.807) is 6.92 Å². The number of hydrogen-bond acceptors (Lipinski definition) is 1. The Morgan fingerprint density at radius 2 is 1.43 bits per heavy atom. The van der Waals surface area contributed by atoms with E-state index >= 15 is 0 Å².